The van der Waals surface area contributed by atoms with E-state index in [4.69, 9.17) is 5.11 Å². The number of anilines is 1. The van der Waals surface area contributed by atoms with E-state index in [0.717, 1.165) is 24.5 Å². The summed E-state index contributed by atoms with van der Waals surface area (Å²) in [4.78, 5) is 8.93. The topological polar surface area (TPSA) is 39.6 Å². The maximum absolute atomic E-state index is 9.12. The van der Waals surface area contributed by atoms with Gasteiger partial charge in [-0.3, -0.25) is 9.88 Å². The summed E-state index contributed by atoms with van der Waals surface area (Å²) in [6.45, 7) is 5.65. The van der Waals surface area contributed by atoms with Gasteiger partial charge in [-0.25, -0.2) is 0 Å². The Hall–Kier alpha value is -1.13. The lowest BCUT2D eigenvalue weighted by atomic mass is 10.2. The molecule has 100 valence electrons. The average Bonchev–Trinajstić information content (AvgIpc) is 2.86. The molecule has 4 heteroatoms. The fraction of sp³-hybridized carbons (Fsp3) is 0.643. The van der Waals surface area contributed by atoms with Crippen LogP contribution in [-0.4, -0.2) is 47.7 Å². The van der Waals surface area contributed by atoms with Crippen LogP contribution in [0.25, 0.3) is 0 Å². The van der Waals surface area contributed by atoms with Crippen LogP contribution < -0.4 is 4.90 Å². The van der Waals surface area contributed by atoms with Crippen molar-refractivity contribution in [2.45, 2.75) is 32.4 Å². The summed E-state index contributed by atoms with van der Waals surface area (Å²) in [5.41, 5.74) is 1.87. The van der Waals surface area contributed by atoms with E-state index in [-0.39, 0.29) is 6.61 Å². The summed E-state index contributed by atoms with van der Waals surface area (Å²) in [6, 6.07) is 4.63. The number of pyridine rings is 1. The standard InChI is InChI=1S/C14H23N3O/c1-3-17-8-4-5-14(17)10-16(2)13-6-7-15-12(9-13)11-18/h6-7,9,14,18H,3-5,8,10-11H2,1-2H3. The second-order valence-corrected chi connectivity index (χ2v) is 4.97. The molecule has 0 aromatic carbocycles. The summed E-state index contributed by atoms with van der Waals surface area (Å²) >= 11 is 0. The summed E-state index contributed by atoms with van der Waals surface area (Å²) in [6.07, 6.45) is 4.37. The van der Waals surface area contributed by atoms with Crippen LogP contribution >= 0.6 is 0 Å². The van der Waals surface area contributed by atoms with Crippen LogP contribution in [0, 0.1) is 0 Å². The fourth-order valence-electron chi connectivity index (χ4n) is 2.73. The number of hydrogen-bond acceptors (Lipinski definition) is 4. The van der Waals surface area contributed by atoms with Crippen LogP contribution in [0.15, 0.2) is 18.3 Å². The molecule has 1 atom stereocenters. The van der Waals surface area contributed by atoms with Crippen molar-refractivity contribution in [3.8, 4) is 0 Å². The van der Waals surface area contributed by atoms with Crippen LogP contribution in [0.5, 0.6) is 0 Å². The fourth-order valence-corrected chi connectivity index (χ4v) is 2.73. The molecule has 0 amide bonds. The van der Waals surface area contributed by atoms with E-state index in [1.54, 1.807) is 6.20 Å². The smallest absolute Gasteiger partial charge is 0.0853 e. The Balaban J connectivity index is 2.00. The van der Waals surface area contributed by atoms with E-state index >= 15 is 0 Å². The Morgan fingerprint density at radius 1 is 1.56 bits per heavy atom. The van der Waals surface area contributed by atoms with Crippen molar-refractivity contribution in [3.63, 3.8) is 0 Å². The monoisotopic (exact) mass is 249 g/mol. The Kier molecular flexibility index (Phi) is 4.55. The molecular formula is C14H23N3O. The first-order valence-electron chi connectivity index (χ1n) is 6.75. The maximum atomic E-state index is 9.12. The van der Waals surface area contributed by atoms with Crippen LogP contribution in [-0.2, 0) is 6.61 Å². The summed E-state index contributed by atoms with van der Waals surface area (Å²) in [5, 5.41) is 9.12. The van der Waals surface area contributed by atoms with E-state index < -0.39 is 0 Å². The van der Waals surface area contributed by atoms with Gasteiger partial charge in [0.05, 0.1) is 12.3 Å². The first-order valence-corrected chi connectivity index (χ1v) is 6.75. The molecule has 1 saturated heterocycles. The van der Waals surface area contributed by atoms with E-state index in [9.17, 15) is 0 Å². The van der Waals surface area contributed by atoms with E-state index in [1.165, 1.54) is 19.4 Å². The van der Waals surface area contributed by atoms with Crippen molar-refractivity contribution >= 4 is 5.69 Å². The molecule has 1 fully saturated rings. The van der Waals surface area contributed by atoms with Gasteiger partial charge in [-0.15, -0.1) is 0 Å². The molecular weight excluding hydrogens is 226 g/mol. The number of rotatable bonds is 5. The lowest BCUT2D eigenvalue weighted by Gasteiger charge is -2.29. The highest BCUT2D eigenvalue weighted by molar-refractivity contribution is 5.45. The molecule has 2 rings (SSSR count). The predicted octanol–water partition coefficient (Wildman–Crippen LogP) is 1.49. The number of aliphatic hydroxyl groups excluding tert-OH is 1. The van der Waals surface area contributed by atoms with Gasteiger partial charge in [0.2, 0.25) is 0 Å². The Morgan fingerprint density at radius 3 is 3.11 bits per heavy atom. The number of likely N-dealkylation sites (N-methyl/N-ethyl adjacent to an activating group) is 2. The van der Waals surface area contributed by atoms with Crippen LogP contribution in [0.4, 0.5) is 5.69 Å². The van der Waals surface area contributed by atoms with E-state index in [2.05, 4.69) is 28.8 Å². The van der Waals surface area contributed by atoms with Crippen LogP contribution in [0.1, 0.15) is 25.5 Å². The molecule has 18 heavy (non-hydrogen) atoms. The zero-order chi connectivity index (χ0) is 13.0. The Morgan fingerprint density at radius 2 is 2.39 bits per heavy atom. The van der Waals surface area contributed by atoms with Crippen molar-refractivity contribution in [2.24, 2.45) is 0 Å². The van der Waals surface area contributed by atoms with Gasteiger partial charge in [-0.1, -0.05) is 6.92 Å². The molecule has 0 bridgehead atoms. The van der Waals surface area contributed by atoms with Gasteiger partial charge in [-0.05, 0) is 38.1 Å². The molecule has 0 aliphatic carbocycles. The normalized spacial score (nSPS) is 20.3. The number of aromatic nitrogens is 1. The summed E-state index contributed by atoms with van der Waals surface area (Å²) in [7, 11) is 2.11. The molecule has 1 aliphatic rings. The molecule has 2 heterocycles. The second kappa shape index (κ2) is 6.16. The molecule has 0 spiro atoms. The van der Waals surface area contributed by atoms with Crippen molar-refractivity contribution in [1.82, 2.24) is 9.88 Å². The van der Waals surface area contributed by atoms with Crippen LogP contribution in [0.2, 0.25) is 0 Å². The minimum Gasteiger partial charge on any atom is -0.390 e. The van der Waals surface area contributed by atoms with Gasteiger partial charge < -0.3 is 10.0 Å². The zero-order valence-corrected chi connectivity index (χ0v) is 11.3. The molecule has 4 nitrogen and oxygen atoms in total. The van der Waals surface area contributed by atoms with Gasteiger partial charge >= 0.3 is 0 Å². The van der Waals surface area contributed by atoms with E-state index in [0.29, 0.717) is 6.04 Å². The van der Waals surface area contributed by atoms with Gasteiger partial charge in [0, 0.05) is 31.5 Å². The number of hydrogen-bond donors (Lipinski definition) is 1. The lowest BCUT2D eigenvalue weighted by molar-refractivity contribution is 0.270. The minimum atomic E-state index is 0.00614. The third-order valence-electron chi connectivity index (χ3n) is 3.79. The quantitative estimate of drug-likeness (QED) is 0.858. The first-order chi connectivity index (χ1) is 8.74. The highest BCUT2D eigenvalue weighted by atomic mass is 16.3. The van der Waals surface area contributed by atoms with Gasteiger partial charge in [0.25, 0.3) is 0 Å². The number of likely N-dealkylation sites (tertiary alicyclic amines) is 1. The van der Waals surface area contributed by atoms with Crippen molar-refractivity contribution in [3.05, 3.63) is 24.0 Å². The summed E-state index contributed by atoms with van der Waals surface area (Å²) < 4.78 is 0. The highest BCUT2D eigenvalue weighted by Gasteiger charge is 2.24. The number of nitrogens with zero attached hydrogens (tertiary/aromatic N) is 3. The van der Waals surface area contributed by atoms with Gasteiger partial charge in [-0.2, -0.15) is 0 Å². The van der Waals surface area contributed by atoms with Crippen molar-refractivity contribution in [1.29, 1.82) is 0 Å². The zero-order valence-electron chi connectivity index (χ0n) is 11.3. The van der Waals surface area contributed by atoms with Gasteiger partial charge in [0.15, 0.2) is 0 Å². The largest absolute Gasteiger partial charge is 0.390 e. The van der Waals surface area contributed by atoms with E-state index in [1.807, 2.05) is 12.1 Å². The maximum Gasteiger partial charge on any atom is 0.0853 e. The molecule has 1 aliphatic heterocycles. The lowest BCUT2D eigenvalue weighted by Crippen LogP contribution is -2.38. The number of aliphatic hydroxyl groups is 1. The molecule has 1 aromatic heterocycles. The Bertz CT molecular complexity index is 383. The molecule has 1 aromatic rings. The van der Waals surface area contributed by atoms with Crippen LogP contribution in [0.3, 0.4) is 0 Å². The van der Waals surface area contributed by atoms with Crippen molar-refractivity contribution < 1.29 is 5.11 Å². The molecule has 1 N–H and O–H groups in total. The van der Waals surface area contributed by atoms with Gasteiger partial charge in [0.1, 0.15) is 0 Å². The molecule has 0 saturated carbocycles. The van der Waals surface area contributed by atoms with Crippen molar-refractivity contribution in [2.75, 3.05) is 31.6 Å². The predicted molar refractivity (Wildman–Crippen MR) is 73.7 cm³/mol. The Labute approximate surface area is 109 Å². The second-order valence-electron chi connectivity index (χ2n) is 4.97. The third kappa shape index (κ3) is 3.00. The highest BCUT2D eigenvalue weighted by Crippen LogP contribution is 2.20. The summed E-state index contributed by atoms with van der Waals surface area (Å²) in [5.74, 6) is 0. The first kappa shape index (κ1) is 13.3. The molecule has 0 radical (unpaired) electrons. The SMILES string of the molecule is CCN1CCCC1CN(C)c1ccnc(CO)c1. The molecule has 1 unspecified atom stereocenters. The average molecular weight is 249 g/mol. The minimum absolute atomic E-state index is 0.00614. The third-order valence-corrected chi connectivity index (χ3v) is 3.79.